The molecule has 116 valence electrons. The van der Waals surface area contributed by atoms with E-state index in [2.05, 4.69) is 13.5 Å². The van der Waals surface area contributed by atoms with E-state index in [0.717, 1.165) is 44.1 Å². The summed E-state index contributed by atoms with van der Waals surface area (Å²) >= 11 is 0. The SMILES string of the molecule is C=C(CCCCc1ccc(C(=O)O)cc1)OOCCCC. The Morgan fingerprint density at radius 1 is 1.19 bits per heavy atom. The van der Waals surface area contributed by atoms with Crippen molar-refractivity contribution in [3.63, 3.8) is 0 Å². The van der Waals surface area contributed by atoms with Crippen molar-refractivity contribution in [1.82, 2.24) is 0 Å². The number of unbranched alkanes of at least 4 members (excludes halogenated alkanes) is 2. The van der Waals surface area contributed by atoms with Gasteiger partial charge in [-0.2, -0.15) is 4.89 Å². The fourth-order valence-corrected chi connectivity index (χ4v) is 1.84. The number of hydrogen-bond acceptors (Lipinski definition) is 3. The highest BCUT2D eigenvalue weighted by molar-refractivity contribution is 5.87. The molecule has 0 heterocycles. The van der Waals surface area contributed by atoms with Crippen molar-refractivity contribution in [2.75, 3.05) is 6.61 Å². The van der Waals surface area contributed by atoms with Gasteiger partial charge in [0.1, 0.15) is 5.76 Å². The van der Waals surface area contributed by atoms with Crippen LogP contribution in [0.1, 0.15) is 54.9 Å². The fourth-order valence-electron chi connectivity index (χ4n) is 1.84. The number of aromatic carboxylic acids is 1. The summed E-state index contributed by atoms with van der Waals surface area (Å²) in [7, 11) is 0. The maximum absolute atomic E-state index is 10.7. The summed E-state index contributed by atoms with van der Waals surface area (Å²) in [5, 5.41) is 8.82. The van der Waals surface area contributed by atoms with Crippen LogP contribution in [0.2, 0.25) is 0 Å². The molecular formula is C17H24O4. The van der Waals surface area contributed by atoms with E-state index < -0.39 is 5.97 Å². The molecule has 0 radical (unpaired) electrons. The van der Waals surface area contributed by atoms with Gasteiger partial charge in [0.15, 0.2) is 0 Å². The lowest BCUT2D eigenvalue weighted by molar-refractivity contribution is -0.263. The van der Waals surface area contributed by atoms with E-state index in [4.69, 9.17) is 14.9 Å². The van der Waals surface area contributed by atoms with Crippen molar-refractivity contribution >= 4 is 5.97 Å². The van der Waals surface area contributed by atoms with Gasteiger partial charge in [0.2, 0.25) is 0 Å². The Bertz CT molecular complexity index is 437. The minimum atomic E-state index is -0.891. The van der Waals surface area contributed by atoms with Crippen molar-refractivity contribution in [1.29, 1.82) is 0 Å². The standard InChI is InChI=1S/C17H24O4/c1-3-4-13-20-21-14(2)7-5-6-8-15-9-11-16(12-10-15)17(18)19/h9-12H,2-8,13H2,1H3,(H,18,19). The lowest BCUT2D eigenvalue weighted by Gasteiger charge is -2.07. The molecule has 0 spiro atoms. The first-order valence-corrected chi connectivity index (χ1v) is 7.43. The van der Waals surface area contributed by atoms with Crippen molar-refractivity contribution in [2.45, 2.75) is 45.4 Å². The second-order valence-corrected chi connectivity index (χ2v) is 5.01. The van der Waals surface area contributed by atoms with Gasteiger partial charge in [0, 0.05) is 6.42 Å². The van der Waals surface area contributed by atoms with Crippen LogP contribution in [-0.2, 0) is 16.2 Å². The maximum atomic E-state index is 10.7. The topological polar surface area (TPSA) is 55.8 Å². The largest absolute Gasteiger partial charge is 0.478 e. The van der Waals surface area contributed by atoms with E-state index in [1.54, 1.807) is 12.1 Å². The molecule has 0 fully saturated rings. The van der Waals surface area contributed by atoms with Gasteiger partial charge in [0.05, 0.1) is 12.2 Å². The van der Waals surface area contributed by atoms with E-state index in [1.165, 1.54) is 0 Å². The number of carbonyl (C=O) groups is 1. The Morgan fingerprint density at radius 2 is 1.90 bits per heavy atom. The van der Waals surface area contributed by atoms with Gasteiger partial charge in [-0.15, -0.1) is 0 Å². The van der Waals surface area contributed by atoms with Gasteiger partial charge in [0.25, 0.3) is 0 Å². The summed E-state index contributed by atoms with van der Waals surface area (Å²) in [5.74, 6) is -0.231. The zero-order chi connectivity index (χ0) is 15.5. The Hall–Kier alpha value is -1.81. The number of benzene rings is 1. The number of allylic oxidation sites excluding steroid dienone is 1. The average Bonchev–Trinajstić information content (AvgIpc) is 2.48. The summed E-state index contributed by atoms with van der Waals surface area (Å²) < 4.78 is 0. The summed E-state index contributed by atoms with van der Waals surface area (Å²) in [4.78, 5) is 20.8. The van der Waals surface area contributed by atoms with E-state index in [-0.39, 0.29) is 0 Å². The highest BCUT2D eigenvalue weighted by atomic mass is 17.2. The molecule has 0 saturated heterocycles. The molecule has 0 atom stereocenters. The molecule has 0 aromatic heterocycles. The van der Waals surface area contributed by atoms with Crippen molar-refractivity contribution in [3.8, 4) is 0 Å². The van der Waals surface area contributed by atoms with Crippen LogP contribution in [-0.4, -0.2) is 17.7 Å². The van der Waals surface area contributed by atoms with Crippen LogP contribution in [0, 0.1) is 0 Å². The van der Waals surface area contributed by atoms with Gasteiger partial charge in [-0.25, -0.2) is 4.79 Å². The summed E-state index contributed by atoms with van der Waals surface area (Å²) in [6.07, 6.45) is 5.74. The molecule has 1 aromatic rings. The van der Waals surface area contributed by atoms with Crippen LogP contribution in [0.25, 0.3) is 0 Å². The molecular weight excluding hydrogens is 268 g/mol. The van der Waals surface area contributed by atoms with Crippen LogP contribution in [0.4, 0.5) is 0 Å². The highest BCUT2D eigenvalue weighted by Gasteiger charge is 2.02. The molecule has 0 unspecified atom stereocenters. The minimum Gasteiger partial charge on any atom is -0.478 e. The van der Waals surface area contributed by atoms with Crippen molar-refractivity contribution < 1.29 is 19.7 Å². The van der Waals surface area contributed by atoms with Gasteiger partial charge in [-0.1, -0.05) is 32.1 Å². The van der Waals surface area contributed by atoms with Gasteiger partial charge >= 0.3 is 5.97 Å². The molecule has 4 heteroatoms. The van der Waals surface area contributed by atoms with Crippen LogP contribution in [0.3, 0.4) is 0 Å². The van der Waals surface area contributed by atoms with Gasteiger partial charge in [-0.05, 0) is 43.4 Å². The second kappa shape index (κ2) is 10.00. The smallest absolute Gasteiger partial charge is 0.335 e. The monoisotopic (exact) mass is 292 g/mol. The second-order valence-electron chi connectivity index (χ2n) is 5.01. The number of rotatable bonds is 11. The molecule has 0 aliphatic carbocycles. The maximum Gasteiger partial charge on any atom is 0.335 e. The lowest BCUT2D eigenvalue weighted by atomic mass is 10.1. The number of carboxylic acid groups (broad SMARTS) is 1. The molecule has 0 aliphatic heterocycles. The number of aryl methyl sites for hydroxylation is 1. The first-order chi connectivity index (χ1) is 10.1. The highest BCUT2D eigenvalue weighted by Crippen LogP contribution is 2.12. The summed E-state index contributed by atoms with van der Waals surface area (Å²) in [6, 6.07) is 7.01. The molecule has 0 aliphatic rings. The first kappa shape index (κ1) is 17.2. The third kappa shape index (κ3) is 7.51. The van der Waals surface area contributed by atoms with Crippen LogP contribution < -0.4 is 0 Å². The van der Waals surface area contributed by atoms with Crippen molar-refractivity contribution in [3.05, 3.63) is 47.7 Å². The van der Waals surface area contributed by atoms with Crippen LogP contribution >= 0.6 is 0 Å². The molecule has 0 saturated carbocycles. The van der Waals surface area contributed by atoms with Gasteiger partial charge < -0.3 is 9.99 Å². The zero-order valence-electron chi connectivity index (χ0n) is 12.6. The van der Waals surface area contributed by atoms with E-state index in [0.29, 0.717) is 17.9 Å². The molecule has 0 amide bonds. The Balaban J connectivity index is 2.13. The quantitative estimate of drug-likeness (QED) is 0.285. The Morgan fingerprint density at radius 3 is 2.52 bits per heavy atom. The third-order valence-corrected chi connectivity index (χ3v) is 3.13. The minimum absolute atomic E-state index is 0.324. The zero-order valence-corrected chi connectivity index (χ0v) is 12.6. The van der Waals surface area contributed by atoms with Gasteiger partial charge in [-0.3, -0.25) is 0 Å². The van der Waals surface area contributed by atoms with Crippen LogP contribution in [0.15, 0.2) is 36.6 Å². The average molecular weight is 292 g/mol. The number of hydrogen-bond donors (Lipinski definition) is 1. The lowest BCUT2D eigenvalue weighted by Crippen LogP contribution is -1.97. The first-order valence-electron chi connectivity index (χ1n) is 7.43. The molecule has 1 N–H and O–H groups in total. The molecule has 1 rings (SSSR count). The summed E-state index contributed by atoms with van der Waals surface area (Å²) in [5.41, 5.74) is 1.47. The van der Waals surface area contributed by atoms with E-state index >= 15 is 0 Å². The Kier molecular flexibility index (Phi) is 8.21. The molecule has 0 bridgehead atoms. The predicted octanol–water partition coefficient (Wildman–Crippen LogP) is 4.36. The summed E-state index contributed by atoms with van der Waals surface area (Å²) in [6.45, 7) is 6.52. The molecule has 21 heavy (non-hydrogen) atoms. The molecule has 4 nitrogen and oxygen atoms in total. The third-order valence-electron chi connectivity index (χ3n) is 3.13. The normalized spacial score (nSPS) is 10.3. The number of carboxylic acids is 1. The van der Waals surface area contributed by atoms with Crippen molar-refractivity contribution in [2.24, 2.45) is 0 Å². The van der Waals surface area contributed by atoms with Crippen LogP contribution in [0.5, 0.6) is 0 Å². The van der Waals surface area contributed by atoms with E-state index in [9.17, 15) is 4.79 Å². The molecule has 1 aromatic carbocycles. The fraction of sp³-hybridized carbons (Fsp3) is 0.471. The van der Waals surface area contributed by atoms with E-state index in [1.807, 2.05) is 12.1 Å². The predicted molar refractivity (Wildman–Crippen MR) is 82.0 cm³/mol. The Labute approximate surface area is 126 Å².